The summed E-state index contributed by atoms with van der Waals surface area (Å²) in [6.45, 7) is 0. The molecular formula is C13H15NO4S. The number of fused-ring (bicyclic) bond motifs is 5. The smallest absolute Gasteiger partial charge is 0.234 e. The zero-order valence-corrected chi connectivity index (χ0v) is 11.2. The van der Waals surface area contributed by atoms with Gasteiger partial charge in [0.1, 0.15) is 0 Å². The number of carbonyl (C=O) groups excluding carboxylic acids is 2. The molecule has 4 rings (SSSR count). The molecule has 4 aliphatic rings. The summed E-state index contributed by atoms with van der Waals surface area (Å²) in [6.07, 6.45) is 5.41. The molecule has 19 heavy (non-hydrogen) atoms. The second kappa shape index (κ2) is 3.48. The maximum Gasteiger partial charge on any atom is 0.234 e. The zero-order valence-electron chi connectivity index (χ0n) is 10.4. The van der Waals surface area contributed by atoms with Gasteiger partial charge in [0.25, 0.3) is 0 Å². The van der Waals surface area contributed by atoms with Crippen molar-refractivity contribution in [1.29, 1.82) is 0 Å². The lowest BCUT2D eigenvalue weighted by molar-refractivity contribution is -0.142. The Kier molecular flexibility index (Phi) is 2.13. The van der Waals surface area contributed by atoms with E-state index in [1.54, 1.807) is 0 Å². The molecule has 5 atom stereocenters. The van der Waals surface area contributed by atoms with Crippen molar-refractivity contribution in [3.63, 3.8) is 0 Å². The molecule has 2 saturated heterocycles. The molecule has 2 bridgehead atoms. The maximum atomic E-state index is 12.5. The van der Waals surface area contributed by atoms with Gasteiger partial charge in [0, 0.05) is 0 Å². The van der Waals surface area contributed by atoms with E-state index >= 15 is 0 Å². The molecule has 6 heteroatoms. The minimum Gasteiger partial charge on any atom is -0.278 e. The Bertz CT molecular complexity index is 578. The van der Waals surface area contributed by atoms with Crippen LogP contribution in [0.3, 0.4) is 0 Å². The minimum absolute atomic E-state index is 0.0489. The van der Waals surface area contributed by atoms with Crippen LogP contribution >= 0.6 is 0 Å². The first-order chi connectivity index (χ1) is 8.98. The summed E-state index contributed by atoms with van der Waals surface area (Å²) < 4.78 is 23.1. The van der Waals surface area contributed by atoms with Crippen LogP contribution in [-0.4, -0.2) is 42.7 Å². The van der Waals surface area contributed by atoms with Gasteiger partial charge in [-0.05, 0) is 24.7 Å². The summed E-state index contributed by atoms with van der Waals surface area (Å²) >= 11 is 0. The molecular weight excluding hydrogens is 266 g/mol. The zero-order chi connectivity index (χ0) is 13.4. The molecule has 0 radical (unpaired) electrons. The number of amides is 2. The van der Waals surface area contributed by atoms with E-state index in [1.807, 2.05) is 12.2 Å². The second-order valence-corrected chi connectivity index (χ2v) is 8.33. The fourth-order valence-electron chi connectivity index (χ4n) is 4.26. The SMILES string of the molecule is O=C1[C@H]2[C@H](C(=O)N1[C@H]1CCS(=O)(=O)C1)[C@H]1C=C[C@H]2C1. The van der Waals surface area contributed by atoms with Crippen molar-refractivity contribution in [3.8, 4) is 0 Å². The van der Waals surface area contributed by atoms with Crippen LogP contribution in [0.4, 0.5) is 0 Å². The molecule has 2 aliphatic heterocycles. The quantitative estimate of drug-likeness (QED) is 0.500. The lowest BCUT2D eigenvalue weighted by Crippen LogP contribution is -2.42. The van der Waals surface area contributed by atoms with E-state index in [0.29, 0.717) is 6.42 Å². The van der Waals surface area contributed by atoms with Gasteiger partial charge in [-0.3, -0.25) is 14.5 Å². The van der Waals surface area contributed by atoms with Crippen molar-refractivity contribution in [3.05, 3.63) is 12.2 Å². The van der Waals surface area contributed by atoms with Crippen LogP contribution in [0, 0.1) is 23.7 Å². The maximum absolute atomic E-state index is 12.5. The van der Waals surface area contributed by atoms with E-state index in [0.717, 1.165) is 6.42 Å². The number of hydrogen-bond donors (Lipinski definition) is 0. The van der Waals surface area contributed by atoms with Crippen LogP contribution in [0.2, 0.25) is 0 Å². The lowest BCUT2D eigenvalue weighted by atomic mass is 9.85. The van der Waals surface area contributed by atoms with Crippen LogP contribution in [-0.2, 0) is 19.4 Å². The highest BCUT2D eigenvalue weighted by atomic mass is 32.2. The van der Waals surface area contributed by atoms with Gasteiger partial charge in [-0.1, -0.05) is 12.2 Å². The van der Waals surface area contributed by atoms with Crippen molar-refractivity contribution in [2.75, 3.05) is 11.5 Å². The fourth-order valence-corrected chi connectivity index (χ4v) is 5.96. The largest absolute Gasteiger partial charge is 0.278 e. The third-order valence-corrected chi connectivity index (χ3v) is 6.83. The number of allylic oxidation sites excluding steroid dienone is 2. The van der Waals surface area contributed by atoms with Gasteiger partial charge in [0.05, 0.1) is 29.4 Å². The normalized spacial score (nSPS) is 46.3. The van der Waals surface area contributed by atoms with Gasteiger partial charge >= 0.3 is 0 Å². The highest BCUT2D eigenvalue weighted by molar-refractivity contribution is 7.91. The number of hydrogen-bond acceptors (Lipinski definition) is 4. The van der Waals surface area contributed by atoms with Crippen molar-refractivity contribution in [1.82, 2.24) is 4.90 Å². The average molecular weight is 281 g/mol. The number of rotatable bonds is 1. The van der Waals surface area contributed by atoms with E-state index in [-0.39, 0.29) is 47.0 Å². The molecule has 5 nitrogen and oxygen atoms in total. The van der Waals surface area contributed by atoms with Gasteiger partial charge in [-0.2, -0.15) is 0 Å². The van der Waals surface area contributed by atoms with Crippen LogP contribution in [0.1, 0.15) is 12.8 Å². The third kappa shape index (κ3) is 1.43. The summed E-state index contributed by atoms with van der Waals surface area (Å²) in [7, 11) is -3.08. The first kappa shape index (κ1) is 11.6. The Morgan fingerprint density at radius 1 is 1.05 bits per heavy atom. The first-order valence-corrected chi connectivity index (χ1v) is 8.56. The third-order valence-electron chi connectivity index (χ3n) is 5.08. The molecule has 0 spiro atoms. The topological polar surface area (TPSA) is 71.5 Å². The Morgan fingerprint density at radius 3 is 2.11 bits per heavy atom. The summed E-state index contributed by atoms with van der Waals surface area (Å²) in [6, 6.07) is -0.421. The van der Waals surface area contributed by atoms with E-state index < -0.39 is 15.9 Å². The molecule has 0 N–H and O–H groups in total. The van der Waals surface area contributed by atoms with Gasteiger partial charge < -0.3 is 0 Å². The summed E-state index contributed by atoms with van der Waals surface area (Å²) in [5.41, 5.74) is 0. The van der Waals surface area contributed by atoms with Gasteiger partial charge in [0.2, 0.25) is 11.8 Å². The second-order valence-electron chi connectivity index (χ2n) is 6.10. The van der Waals surface area contributed by atoms with Gasteiger partial charge in [-0.15, -0.1) is 0 Å². The van der Waals surface area contributed by atoms with E-state index in [4.69, 9.17) is 0 Å². The molecule has 2 amide bonds. The molecule has 2 aliphatic carbocycles. The summed E-state index contributed by atoms with van der Waals surface area (Å²) in [5.74, 6) is -0.273. The van der Waals surface area contributed by atoms with E-state index in [1.165, 1.54) is 4.90 Å². The monoisotopic (exact) mass is 281 g/mol. The molecule has 0 unspecified atom stereocenters. The first-order valence-electron chi connectivity index (χ1n) is 6.73. The summed E-state index contributed by atoms with van der Waals surface area (Å²) in [4.78, 5) is 26.2. The molecule has 1 saturated carbocycles. The van der Waals surface area contributed by atoms with E-state index in [9.17, 15) is 18.0 Å². The van der Waals surface area contributed by atoms with Crippen LogP contribution in [0.25, 0.3) is 0 Å². The molecule has 0 aromatic carbocycles. The predicted octanol–water partition coefficient (Wildman–Crippen LogP) is -0.0194. The highest BCUT2D eigenvalue weighted by Gasteiger charge is 2.60. The number of nitrogens with zero attached hydrogens (tertiary/aromatic N) is 1. The Labute approximate surface area is 111 Å². The molecule has 0 aromatic rings. The van der Waals surface area contributed by atoms with Crippen molar-refractivity contribution >= 4 is 21.7 Å². The van der Waals surface area contributed by atoms with Crippen LogP contribution < -0.4 is 0 Å². The van der Waals surface area contributed by atoms with E-state index in [2.05, 4.69) is 0 Å². The lowest BCUT2D eigenvalue weighted by Gasteiger charge is -2.22. The standard InChI is InChI=1S/C13H15NO4S/c15-12-10-7-1-2-8(5-7)11(10)13(16)14(12)9-3-4-19(17,18)6-9/h1-2,7-11H,3-6H2/t7-,8-,9-,10+,11+/m0/s1. The average Bonchev–Trinajstić information content (AvgIpc) is 3.04. The molecule has 2 heterocycles. The number of sulfone groups is 1. The van der Waals surface area contributed by atoms with Crippen LogP contribution in [0.5, 0.6) is 0 Å². The van der Waals surface area contributed by atoms with Crippen LogP contribution in [0.15, 0.2) is 12.2 Å². The fraction of sp³-hybridized carbons (Fsp3) is 0.692. The summed E-state index contributed by atoms with van der Waals surface area (Å²) in [5, 5.41) is 0. The van der Waals surface area contributed by atoms with Gasteiger partial charge in [-0.25, -0.2) is 8.42 Å². The molecule has 102 valence electrons. The molecule has 0 aromatic heterocycles. The van der Waals surface area contributed by atoms with Crippen molar-refractivity contribution in [2.24, 2.45) is 23.7 Å². The Morgan fingerprint density at radius 2 is 1.63 bits per heavy atom. The minimum atomic E-state index is -3.08. The Hall–Kier alpha value is -1.17. The highest BCUT2D eigenvalue weighted by Crippen LogP contribution is 2.53. The van der Waals surface area contributed by atoms with Crippen molar-refractivity contribution < 1.29 is 18.0 Å². The number of likely N-dealkylation sites (tertiary alicyclic amines) is 1. The number of carbonyl (C=O) groups is 2. The Balaban J connectivity index is 1.66. The number of imide groups is 1. The predicted molar refractivity (Wildman–Crippen MR) is 66.6 cm³/mol. The molecule has 3 fully saturated rings. The van der Waals surface area contributed by atoms with Gasteiger partial charge in [0.15, 0.2) is 9.84 Å². The van der Waals surface area contributed by atoms with Crippen molar-refractivity contribution in [2.45, 2.75) is 18.9 Å².